The van der Waals surface area contributed by atoms with Crippen molar-refractivity contribution in [2.45, 2.75) is 62.6 Å². The fraction of sp³-hybridized carbons (Fsp3) is 0.278. The Bertz CT molecular complexity index is 1820. The average Bonchev–Trinajstić information content (AvgIpc) is 3.56. The molecular weight excluding hydrogens is 660 g/mol. The number of amides is 2. The van der Waals surface area contributed by atoms with Gasteiger partial charge < -0.3 is 10.2 Å². The van der Waals surface area contributed by atoms with Gasteiger partial charge in [0.25, 0.3) is 10.0 Å². The van der Waals surface area contributed by atoms with Crippen LogP contribution in [0.5, 0.6) is 0 Å². The monoisotopic (exact) mass is 695 g/mol. The molecular formula is C36H36Cl2FN3O4S. The average molecular weight is 697 g/mol. The number of aryl methyl sites for hydroxylation is 1. The Morgan fingerprint density at radius 1 is 0.915 bits per heavy atom. The number of hydrogen-bond donors (Lipinski definition) is 1. The highest BCUT2D eigenvalue weighted by Crippen LogP contribution is 2.29. The third-order valence-electron chi connectivity index (χ3n) is 8.34. The minimum absolute atomic E-state index is 0.0336. The van der Waals surface area contributed by atoms with E-state index in [1.807, 2.05) is 37.3 Å². The van der Waals surface area contributed by atoms with E-state index in [9.17, 15) is 18.0 Å². The first-order valence-electron chi connectivity index (χ1n) is 15.4. The van der Waals surface area contributed by atoms with Crippen molar-refractivity contribution < 1.29 is 22.4 Å². The van der Waals surface area contributed by atoms with Crippen molar-refractivity contribution in [2.75, 3.05) is 10.8 Å². The summed E-state index contributed by atoms with van der Waals surface area (Å²) < 4.78 is 44.3. The maximum atomic E-state index is 15.3. The molecule has 1 aliphatic rings. The summed E-state index contributed by atoms with van der Waals surface area (Å²) in [7, 11) is -4.43. The lowest BCUT2D eigenvalue weighted by molar-refractivity contribution is -0.140. The highest BCUT2D eigenvalue weighted by molar-refractivity contribution is 7.92. The summed E-state index contributed by atoms with van der Waals surface area (Å²) in [4.78, 5) is 29.9. The van der Waals surface area contributed by atoms with Crippen LogP contribution in [0.2, 0.25) is 10.0 Å². The van der Waals surface area contributed by atoms with Gasteiger partial charge in [-0.05, 0) is 67.3 Å². The molecule has 0 saturated heterocycles. The SMILES string of the molecule is Cc1ccc(S(=O)(=O)N(CC(=O)N(Cc2ccc(Cl)cc2Cl)[C@H](Cc2ccccc2)C(=O)NC2CCCC2)c2ccccc2F)cc1. The van der Waals surface area contributed by atoms with Gasteiger partial charge in [-0.25, -0.2) is 12.8 Å². The number of halogens is 3. The molecule has 2 amide bonds. The lowest BCUT2D eigenvalue weighted by atomic mass is 10.0. The number of sulfonamides is 1. The van der Waals surface area contributed by atoms with Crippen molar-refractivity contribution in [3.63, 3.8) is 0 Å². The molecule has 1 atom stereocenters. The van der Waals surface area contributed by atoms with Crippen LogP contribution < -0.4 is 9.62 Å². The molecule has 0 heterocycles. The van der Waals surface area contributed by atoms with Crippen molar-refractivity contribution in [1.82, 2.24) is 10.2 Å². The smallest absolute Gasteiger partial charge is 0.264 e. The van der Waals surface area contributed by atoms with Gasteiger partial charge in [0.2, 0.25) is 11.8 Å². The van der Waals surface area contributed by atoms with Crippen molar-refractivity contribution in [3.05, 3.63) is 130 Å². The molecule has 1 saturated carbocycles. The van der Waals surface area contributed by atoms with Gasteiger partial charge in [0.15, 0.2) is 0 Å². The van der Waals surface area contributed by atoms with Crippen LogP contribution in [0, 0.1) is 12.7 Å². The molecule has 0 bridgehead atoms. The predicted molar refractivity (Wildman–Crippen MR) is 183 cm³/mol. The topological polar surface area (TPSA) is 86.8 Å². The second-order valence-corrected chi connectivity index (χ2v) is 14.4. The van der Waals surface area contributed by atoms with E-state index in [1.54, 1.807) is 30.3 Å². The van der Waals surface area contributed by atoms with Crippen molar-refractivity contribution in [2.24, 2.45) is 0 Å². The van der Waals surface area contributed by atoms with Crippen LogP contribution in [0.25, 0.3) is 0 Å². The molecule has 4 aromatic carbocycles. The first-order valence-corrected chi connectivity index (χ1v) is 17.6. The number of carbonyl (C=O) groups excluding carboxylic acids is 2. The van der Waals surface area contributed by atoms with Crippen molar-refractivity contribution in [1.29, 1.82) is 0 Å². The Labute approximate surface area is 285 Å². The Kier molecular flexibility index (Phi) is 11.2. The third-order valence-corrected chi connectivity index (χ3v) is 10.7. The van der Waals surface area contributed by atoms with Gasteiger partial charge in [0.05, 0.1) is 10.6 Å². The van der Waals surface area contributed by atoms with Crippen LogP contribution in [-0.4, -0.2) is 43.8 Å². The number of anilines is 1. The molecule has 0 aliphatic heterocycles. The Hall–Kier alpha value is -3.92. The number of nitrogens with zero attached hydrogens (tertiary/aromatic N) is 2. The zero-order valence-corrected chi connectivity index (χ0v) is 28.2. The van der Waals surface area contributed by atoms with E-state index in [2.05, 4.69) is 5.32 Å². The number of para-hydroxylation sites is 1. The van der Waals surface area contributed by atoms with Gasteiger partial charge in [0, 0.05) is 29.1 Å². The number of benzene rings is 4. The summed E-state index contributed by atoms with van der Waals surface area (Å²) in [5.74, 6) is -1.89. The molecule has 7 nitrogen and oxygen atoms in total. The minimum Gasteiger partial charge on any atom is -0.352 e. The summed E-state index contributed by atoms with van der Waals surface area (Å²) in [5.41, 5.74) is 1.86. The molecule has 1 N–H and O–H groups in total. The summed E-state index contributed by atoms with van der Waals surface area (Å²) >= 11 is 12.7. The number of nitrogens with one attached hydrogen (secondary N) is 1. The summed E-state index contributed by atoms with van der Waals surface area (Å²) in [6.07, 6.45) is 3.80. The molecule has 1 fully saturated rings. The Morgan fingerprint density at radius 2 is 1.57 bits per heavy atom. The lowest BCUT2D eigenvalue weighted by Crippen LogP contribution is -2.54. The molecule has 0 aromatic heterocycles. The van der Waals surface area contributed by atoms with E-state index in [1.165, 1.54) is 35.2 Å². The van der Waals surface area contributed by atoms with Crippen LogP contribution in [0.4, 0.5) is 10.1 Å². The highest BCUT2D eigenvalue weighted by Gasteiger charge is 2.36. The van der Waals surface area contributed by atoms with Crippen LogP contribution >= 0.6 is 23.2 Å². The highest BCUT2D eigenvalue weighted by atomic mass is 35.5. The molecule has 0 unspecified atom stereocenters. The lowest BCUT2D eigenvalue weighted by Gasteiger charge is -2.34. The molecule has 5 rings (SSSR count). The first kappa shape index (κ1) is 34.4. The Morgan fingerprint density at radius 3 is 2.23 bits per heavy atom. The van der Waals surface area contributed by atoms with Crippen LogP contribution in [0.3, 0.4) is 0 Å². The van der Waals surface area contributed by atoms with E-state index < -0.39 is 34.3 Å². The molecule has 1 aliphatic carbocycles. The quantitative estimate of drug-likeness (QED) is 0.168. The second kappa shape index (κ2) is 15.3. The second-order valence-electron chi connectivity index (χ2n) is 11.7. The van der Waals surface area contributed by atoms with E-state index in [0.29, 0.717) is 10.6 Å². The third kappa shape index (κ3) is 8.52. The summed E-state index contributed by atoms with van der Waals surface area (Å²) in [5, 5.41) is 3.80. The predicted octanol–water partition coefficient (Wildman–Crippen LogP) is 7.34. The summed E-state index contributed by atoms with van der Waals surface area (Å²) in [6, 6.07) is 24.5. The van der Waals surface area contributed by atoms with E-state index >= 15 is 4.39 Å². The fourth-order valence-electron chi connectivity index (χ4n) is 5.76. The van der Waals surface area contributed by atoms with Crippen LogP contribution in [0.1, 0.15) is 42.4 Å². The zero-order valence-electron chi connectivity index (χ0n) is 25.9. The molecule has 11 heteroatoms. The molecule has 0 spiro atoms. The molecule has 0 radical (unpaired) electrons. The molecule has 246 valence electrons. The maximum absolute atomic E-state index is 15.3. The number of rotatable bonds is 12. The minimum atomic E-state index is -4.43. The van der Waals surface area contributed by atoms with Gasteiger partial charge in [-0.3, -0.25) is 13.9 Å². The van der Waals surface area contributed by atoms with Gasteiger partial charge in [-0.15, -0.1) is 0 Å². The first-order chi connectivity index (χ1) is 22.5. The maximum Gasteiger partial charge on any atom is 0.264 e. The van der Waals surface area contributed by atoms with Crippen LogP contribution in [-0.2, 0) is 32.6 Å². The van der Waals surface area contributed by atoms with Gasteiger partial charge in [-0.1, -0.05) is 102 Å². The normalized spacial score (nSPS) is 14.0. The van der Waals surface area contributed by atoms with Crippen molar-refractivity contribution in [3.8, 4) is 0 Å². The van der Waals surface area contributed by atoms with E-state index in [0.717, 1.165) is 47.2 Å². The largest absolute Gasteiger partial charge is 0.352 e. The standard InChI is InChI=1S/C36H36Cl2FN3O4S/c1-25-15-19-30(20-16-25)47(45,46)42(33-14-8-7-13-32(33)39)24-35(43)41(23-27-17-18-28(37)22-31(27)38)34(21-26-9-3-2-4-10-26)36(44)40-29-11-5-6-12-29/h2-4,7-10,13-20,22,29,34H,5-6,11-12,21,23-24H2,1H3,(H,40,44)/t34-/m1/s1. The zero-order chi connectivity index (χ0) is 33.6. The van der Waals surface area contributed by atoms with E-state index in [-0.39, 0.29) is 40.5 Å². The van der Waals surface area contributed by atoms with Gasteiger partial charge in [-0.2, -0.15) is 0 Å². The number of carbonyl (C=O) groups is 2. The summed E-state index contributed by atoms with van der Waals surface area (Å²) in [6.45, 7) is 0.919. The van der Waals surface area contributed by atoms with E-state index in [4.69, 9.17) is 23.2 Å². The van der Waals surface area contributed by atoms with Crippen molar-refractivity contribution >= 4 is 50.7 Å². The van der Waals surface area contributed by atoms with Crippen LogP contribution in [0.15, 0.2) is 102 Å². The molecule has 4 aromatic rings. The van der Waals surface area contributed by atoms with Gasteiger partial charge in [0.1, 0.15) is 18.4 Å². The van der Waals surface area contributed by atoms with Gasteiger partial charge >= 0.3 is 0 Å². The molecule has 47 heavy (non-hydrogen) atoms. The Balaban J connectivity index is 1.59. The number of hydrogen-bond acceptors (Lipinski definition) is 4. The fourth-order valence-corrected chi connectivity index (χ4v) is 7.65.